The van der Waals surface area contributed by atoms with E-state index in [1.54, 1.807) is 6.20 Å². The molecule has 15 heavy (non-hydrogen) atoms. The van der Waals surface area contributed by atoms with Crippen LogP contribution in [0.4, 0.5) is 4.39 Å². The van der Waals surface area contributed by atoms with Crippen molar-refractivity contribution in [3.05, 3.63) is 29.2 Å². The van der Waals surface area contributed by atoms with Crippen molar-refractivity contribution in [3.63, 3.8) is 0 Å². The Morgan fingerprint density at radius 3 is 3.07 bits per heavy atom. The predicted molar refractivity (Wildman–Crippen MR) is 55.9 cm³/mol. The smallest absolute Gasteiger partial charge is 0.142 e. The molecule has 0 bridgehead atoms. The second-order valence-electron chi connectivity index (χ2n) is 2.97. The van der Waals surface area contributed by atoms with Crippen LogP contribution in [0, 0.1) is 5.82 Å². The van der Waals surface area contributed by atoms with Gasteiger partial charge in [-0.3, -0.25) is 4.98 Å². The summed E-state index contributed by atoms with van der Waals surface area (Å²) in [4.78, 5) is 4.76. The molecule has 2 rings (SSSR count). The molecule has 0 aliphatic heterocycles. The van der Waals surface area contributed by atoms with Crippen LogP contribution in [-0.4, -0.2) is 21.6 Å². The molecular formula is C9H9FN4S. The Bertz CT molecular complexity index is 457. The summed E-state index contributed by atoms with van der Waals surface area (Å²) in [5, 5.41) is 6.98. The van der Waals surface area contributed by atoms with E-state index < -0.39 is 0 Å². The third-order valence-corrected chi connectivity index (χ3v) is 2.59. The lowest BCUT2D eigenvalue weighted by Gasteiger charge is -1.99. The highest BCUT2D eigenvalue weighted by Crippen LogP contribution is 2.23. The molecule has 0 saturated heterocycles. The van der Waals surface area contributed by atoms with E-state index in [0.29, 0.717) is 17.8 Å². The summed E-state index contributed by atoms with van der Waals surface area (Å²) in [6.07, 6.45) is 2.75. The number of aromatic nitrogens is 3. The van der Waals surface area contributed by atoms with E-state index in [1.165, 1.54) is 23.8 Å². The van der Waals surface area contributed by atoms with Gasteiger partial charge in [-0.05, 0) is 24.6 Å². The second kappa shape index (κ2) is 4.41. The Kier molecular flexibility index (Phi) is 2.98. The number of hydrogen-bond acceptors (Lipinski definition) is 5. The van der Waals surface area contributed by atoms with Crippen LogP contribution >= 0.6 is 11.5 Å². The van der Waals surface area contributed by atoms with Crippen molar-refractivity contribution in [2.75, 3.05) is 7.05 Å². The molecule has 1 N–H and O–H groups in total. The van der Waals surface area contributed by atoms with E-state index in [9.17, 15) is 4.39 Å². The third-order valence-electron chi connectivity index (χ3n) is 1.87. The van der Waals surface area contributed by atoms with Gasteiger partial charge in [0.25, 0.3) is 0 Å². The Morgan fingerprint density at radius 2 is 2.33 bits per heavy atom. The maximum atomic E-state index is 13.0. The lowest BCUT2D eigenvalue weighted by Crippen LogP contribution is -2.04. The summed E-state index contributed by atoms with van der Waals surface area (Å²) >= 11 is 1.30. The fourth-order valence-corrected chi connectivity index (χ4v) is 1.92. The fraction of sp³-hybridized carbons (Fsp3) is 0.222. The van der Waals surface area contributed by atoms with E-state index in [2.05, 4.69) is 19.9 Å². The zero-order valence-corrected chi connectivity index (χ0v) is 8.88. The zero-order valence-electron chi connectivity index (χ0n) is 8.07. The molecular weight excluding hydrogens is 215 g/mol. The number of halogens is 1. The molecule has 0 atom stereocenters. The van der Waals surface area contributed by atoms with Crippen LogP contribution in [-0.2, 0) is 6.54 Å². The van der Waals surface area contributed by atoms with Crippen LogP contribution in [0.3, 0.4) is 0 Å². The predicted octanol–water partition coefficient (Wildman–Crippen LogP) is 1.46. The molecule has 4 nitrogen and oxygen atoms in total. The first-order chi connectivity index (χ1) is 7.31. The fourth-order valence-electron chi connectivity index (χ4n) is 1.25. The highest BCUT2D eigenvalue weighted by molar-refractivity contribution is 7.05. The zero-order chi connectivity index (χ0) is 10.7. The van der Waals surface area contributed by atoms with Gasteiger partial charge in [-0.15, -0.1) is 5.10 Å². The van der Waals surface area contributed by atoms with Gasteiger partial charge in [0.1, 0.15) is 11.5 Å². The summed E-state index contributed by atoms with van der Waals surface area (Å²) in [6, 6.07) is 1.41. The van der Waals surface area contributed by atoms with Crippen LogP contribution in [0.5, 0.6) is 0 Å². The van der Waals surface area contributed by atoms with Gasteiger partial charge in [0.05, 0.1) is 11.1 Å². The largest absolute Gasteiger partial charge is 0.315 e. The van der Waals surface area contributed by atoms with E-state index >= 15 is 0 Å². The summed E-state index contributed by atoms with van der Waals surface area (Å²) in [6.45, 7) is 0.670. The highest BCUT2D eigenvalue weighted by atomic mass is 32.1. The standard InChI is InChI=1S/C9H9FN4S/c1-11-5-8-9(13-14-15-8)6-2-7(10)4-12-3-6/h2-4,11H,5H2,1H3. The lowest BCUT2D eigenvalue weighted by atomic mass is 10.2. The quantitative estimate of drug-likeness (QED) is 0.857. The first kappa shape index (κ1) is 10.1. The Morgan fingerprint density at radius 1 is 1.47 bits per heavy atom. The number of nitrogens with one attached hydrogen (secondary N) is 1. The normalized spacial score (nSPS) is 10.5. The van der Waals surface area contributed by atoms with Crippen molar-refractivity contribution in [1.82, 2.24) is 19.9 Å². The molecule has 0 aliphatic rings. The van der Waals surface area contributed by atoms with Crippen molar-refractivity contribution in [1.29, 1.82) is 0 Å². The van der Waals surface area contributed by atoms with Crippen LogP contribution < -0.4 is 5.32 Å². The molecule has 2 heterocycles. The third kappa shape index (κ3) is 2.16. The van der Waals surface area contributed by atoms with Gasteiger partial charge in [-0.25, -0.2) is 4.39 Å². The molecule has 6 heteroatoms. The Hall–Kier alpha value is -1.40. The van der Waals surface area contributed by atoms with Crippen molar-refractivity contribution >= 4 is 11.5 Å². The molecule has 0 spiro atoms. The van der Waals surface area contributed by atoms with Gasteiger partial charge in [-0.2, -0.15) is 0 Å². The Labute approximate surface area is 90.3 Å². The summed E-state index contributed by atoms with van der Waals surface area (Å²) in [7, 11) is 1.84. The number of pyridine rings is 1. The first-order valence-corrected chi connectivity index (χ1v) is 5.15. The molecule has 0 aliphatic carbocycles. The Balaban J connectivity index is 2.40. The monoisotopic (exact) mass is 224 g/mol. The van der Waals surface area contributed by atoms with Crippen LogP contribution in [0.15, 0.2) is 18.5 Å². The van der Waals surface area contributed by atoms with Gasteiger partial charge in [0.15, 0.2) is 0 Å². The average Bonchev–Trinajstić information content (AvgIpc) is 2.66. The summed E-state index contributed by atoms with van der Waals surface area (Å²) in [5.41, 5.74) is 1.36. The first-order valence-electron chi connectivity index (χ1n) is 4.38. The van der Waals surface area contributed by atoms with Gasteiger partial charge in [0, 0.05) is 18.3 Å². The summed E-state index contributed by atoms with van der Waals surface area (Å²) < 4.78 is 16.8. The SMILES string of the molecule is CNCc1snnc1-c1cncc(F)c1. The molecule has 78 valence electrons. The van der Waals surface area contributed by atoms with E-state index in [4.69, 9.17) is 0 Å². The number of nitrogens with zero attached hydrogens (tertiary/aromatic N) is 3. The minimum absolute atomic E-state index is 0.365. The number of rotatable bonds is 3. The van der Waals surface area contributed by atoms with Crippen molar-refractivity contribution in [2.45, 2.75) is 6.54 Å². The minimum atomic E-state index is -0.365. The van der Waals surface area contributed by atoms with Crippen LogP contribution in [0.1, 0.15) is 4.88 Å². The van der Waals surface area contributed by atoms with Crippen molar-refractivity contribution in [3.8, 4) is 11.3 Å². The van der Waals surface area contributed by atoms with Gasteiger partial charge >= 0.3 is 0 Å². The maximum Gasteiger partial charge on any atom is 0.142 e. The second-order valence-corrected chi connectivity index (χ2v) is 3.81. The molecule has 0 radical (unpaired) electrons. The molecule has 0 unspecified atom stereocenters. The summed E-state index contributed by atoms with van der Waals surface area (Å²) in [5.74, 6) is -0.365. The van der Waals surface area contributed by atoms with E-state index in [0.717, 1.165) is 4.88 Å². The van der Waals surface area contributed by atoms with Crippen LogP contribution in [0.2, 0.25) is 0 Å². The lowest BCUT2D eigenvalue weighted by molar-refractivity contribution is 0.622. The molecule has 0 fully saturated rings. The van der Waals surface area contributed by atoms with Crippen LogP contribution in [0.25, 0.3) is 11.3 Å². The average molecular weight is 224 g/mol. The molecule has 2 aromatic heterocycles. The molecule has 0 aromatic carbocycles. The topological polar surface area (TPSA) is 50.7 Å². The number of hydrogen-bond donors (Lipinski definition) is 1. The molecule has 2 aromatic rings. The van der Waals surface area contributed by atoms with Gasteiger partial charge < -0.3 is 5.32 Å². The molecule has 0 saturated carbocycles. The molecule has 0 amide bonds. The van der Waals surface area contributed by atoms with Gasteiger partial charge in [0.2, 0.25) is 0 Å². The maximum absolute atomic E-state index is 13.0. The van der Waals surface area contributed by atoms with Crippen molar-refractivity contribution < 1.29 is 4.39 Å². The van der Waals surface area contributed by atoms with Gasteiger partial charge in [-0.1, -0.05) is 4.49 Å². The minimum Gasteiger partial charge on any atom is -0.315 e. The van der Waals surface area contributed by atoms with E-state index in [-0.39, 0.29) is 5.82 Å². The highest BCUT2D eigenvalue weighted by Gasteiger charge is 2.10. The van der Waals surface area contributed by atoms with Crippen molar-refractivity contribution in [2.24, 2.45) is 0 Å². The van der Waals surface area contributed by atoms with E-state index in [1.807, 2.05) is 7.05 Å².